The van der Waals surface area contributed by atoms with Crippen LogP contribution >= 0.6 is 23.2 Å². The fraction of sp³-hybridized carbons (Fsp3) is 0.385. The number of carbonyl (C=O) groups is 2. The van der Waals surface area contributed by atoms with E-state index in [-0.39, 0.29) is 23.8 Å². The molecule has 8 nitrogen and oxygen atoms in total. The minimum atomic E-state index is -0.259. The lowest BCUT2D eigenvalue weighted by molar-refractivity contribution is -0.131. The van der Waals surface area contributed by atoms with Crippen molar-refractivity contribution in [2.24, 2.45) is 0 Å². The molecule has 0 saturated carbocycles. The van der Waals surface area contributed by atoms with Crippen molar-refractivity contribution in [2.45, 2.75) is 26.4 Å². The number of aromatic nitrogens is 2. The van der Waals surface area contributed by atoms with Crippen molar-refractivity contribution in [2.75, 3.05) is 44.7 Å². The van der Waals surface area contributed by atoms with Crippen LogP contribution in [0.25, 0.3) is 10.9 Å². The number of halogens is 2. The highest BCUT2D eigenvalue weighted by Gasteiger charge is 2.20. The van der Waals surface area contributed by atoms with E-state index in [1.54, 1.807) is 19.2 Å². The van der Waals surface area contributed by atoms with Gasteiger partial charge in [0.2, 0.25) is 5.91 Å². The molecule has 0 spiro atoms. The molecule has 1 aliphatic heterocycles. The number of benzene rings is 2. The zero-order valence-electron chi connectivity index (χ0n) is 20.4. The van der Waals surface area contributed by atoms with Gasteiger partial charge in [0, 0.05) is 51.9 Å². The molecule has 36 heavy (non-hydrogen) atoms. The van der Waals surface area contributed by atoms with Crippen LogP contribution in [0.2, 0.25) is 10.0 Å². The van der Waals surface area contributed by atoms with Crippen LogP contribution in [0.15, 0.2) is 47.5 Å². The van der Waals surface area contributed by atoms with Gasteiger partial charge in [0.05, 0.1) is 33.8 Å². The Morgan fingerprint density at radius 2 is 1.75 bits per heavy atom. The zero-order chi connectivity index (χ0) is 25.8. The summed E-state index contributed by atoms with van der Waals surface area (Å²) >= 11 is 12.0. The van der Waals surface area contributed by atoms with Gasteiger partial charge < -0.3 is 9.80 Å². The summed E-state index contributed by atoms with van der Waals surface area (Å²) in [6.07, 6.45) is 1.97. The van der Waals surface area contributed by atoms with Crippen LogP contribution in [0.4, 0.5) is 5.69 Å². The Morgan fingerprint density at radius 1 is 1.00 bits per heavy atom. The Kier molecular flexibility index (Phi) is 8.28. The standard InChI is InChI=1S/C26H29Cl2N5O3/c1-3-20(34)15-31-8-10-32(11-9-31)19-5-7-24-21(13-19)26(36)33(17-29-24)16-25(35)30(2)14-18-4-6-22(27)23(28)12-18/h4-7,12-13,17H,3,8-11,14-16H2,1-2H3. The van der Waals surface area contributed by atoms with E-state index in [0.717, 1.165) is 37.4 Å². The summed E-state index contributed by atoms with van der Waals surface area (Å²) in [6, 6.07) is 10.9. The van der Waals surface area contributed by atoms with E-state index in [2.05, 4.69) is 14.8 Å². The number of rotatable bonds is 8. The summed E-state index contributed by atoms with van der Waals surface area (Å²) in [5.41, 5.74) is 2.10. The first kappa shape index (κ1) is 26.1. The summed E-state index contributed by atoms with van der Waals surface area (Å²) < 4.78 is 1.34. The number of hydrogen-bond donors (Lipinski definition) is 0. The van der Waals surface area contributed by atoms with Crippen molar-refractivity contribution in [1.29, 1.82) is 0 Å². The minimum absolute atomic E-state index is 0.117. The molecule has 0 bridgehead atoms. The van der Waals surface area contributed by atoms with E-state index in [0.29, 0.717) is 40.5 Å². The van der Waals surface area contributed by atoms with E-state index in [9.17, 15) is 14.4 Å². The molecule has 10 heteroatoms. The smallest absolute Gasteiger partial charge is 0.261 e. The molecule has 0 radical (unpaired) electrons. The summed E-state index contributed by atoms with van der Waals surface area (Å²) in [5.74, 6) is 0.0242. The topological polar surface area (TPSA) is 78.8 Å². The van der Waals surface area contributed by atoms with Crippen molar-refractivity contribution in [1.82, 2.24) is 19.4 Å². The molecule has 1 aromatic heterocycles. The Balaban J connectivity index is 1.45. The van der Waals surface area contributed by atoms with Gasteiger partial charge in [-0.3, -0.25) is 23.9 Å². The monoisotopic (exact) mass is 529 g/mol. The molecule has 4 rings (SSSR count). The third-order valence-corrected chi connectivity index (χ3v) is 7.21. The molecule has 1 aliphatic rings. The maximum Gasteiger partial charge on any atom is 0.261 e. The van der Waals surface area contributed by atoms with Crippen LogP contribution in [-0.4, -0.2) is 70.8 Å². The molecule has 190 valence electrons. The number of hydrogen-bond acceptors (Lipinski definition) is 6. The predicted molar refractivity (Wildman–Crippen MR) is 143 cm³/mol. The summed E-state index contributed by atoms with van der Waals surface area (Å²) in [4.78, 5) is 48.1. The first-order valence-corrected chi connectivity index (χ1v) is 12.7. The minimum Gasteiger partial charge on any atom is -0.369 e. The second-order valence-electron chi connectivity index (χ2n) is 9.03. The number of anilines is 1. The van der Waals surface area contributed by atoms with Crippen LogP contribution < -0.4 is 10.5 Å². The molecule has 0 N–H and O–H groups in total. The predicted octanol–water partition coefficient (Wildman–Crippen LogP) is 3.46. The molecule has 0 aliphatic carbocycles. The number of piperazine rings is 1. The summed E-state index contributed by atoms with van der Waals surface area (Å²) in [7, 11) is 1.68. The van der Waals surface area contributed by atoms with Crippen molar-refractivity contribution in [3.63, 3.8) is 0 Å². The average Bonchev–Trinajstić information content (AvgIpc) is 2.88. The lowest BCUT2D eigenvalue weighted by atomic mass is 10.1. The fourth-order valence-corrected chi connectivity index (χ4v) is 4.57. The third-order valence-electron chi connectivity index (χ3n) is 6.47. The highest BCUT2D eigenvalue weighted by molar-refractivity contribution is 6.42. The first-order valence-electron chi connectivity index (χ1n) is 11.9. The molecule has 3 aromatic rings. The number of fused-ring (bicyclic) bond motifs is 1. The van der Waals surface area contributed by atoms with Gasteiger partial charge >= 0.3 is 0 Å². The Morgan fingerprint density at radius 3 is 2.44 bits per heavy atom. The normalized spacial score (nSPS) is 14.3. The van der Waals surface area contributed by atoms with Gasteiger partial charge in [0.15, 0.2) is 0 Å². The molecule has 1 fully saturated rings. The van der Waals surface area contributed by atoms with Gasteiger partial charge in [-0.15, -0.1) is 0 Å². The Bertz CT molecular complexity index is 1330. The maximum absolute atomic E-state index is 13.2. The Hall–Kier alpha value is -2.94. The van der Waals surface area contributed by atoms with Gasteiger partial charge in [0.25, 0.3) is 5.56 Å². The molecule has 0 unspecified atom stereocenters. The SMILES string of the molecule is CCC(=O)CN1CCN(c2ccc3ncn(CC(=O)N(C)Cc4ccc(Cl)c(Cl)c4)c(=O)c3c2)CC1. The van der Waals surface area contributed by atoms with E-state index < -0.39 is 0 Å². The van der Waals surface area contributed by atoms with Crippen molar-refractivity contribution < 1.29 is 9.59 Å². The van der Waals surface area contributed by atoms with Gasteiger partial charge in [-0.1, -0.05) is 36.2 Å². The lowest BCUT2D eigenvalue weighted by Crippen LogP contribution is -2.48. The van der Waals surface area contributed by atoms with Crippen LogP contribution in [0.1, 0.15) is 18.9 Å². The van der Waals surface area contributed by atoms with Gasteiger partial charge in [-0.05, 0) is 35.9 Å². The van der Waals surface area contributed by atoms with Crippen molar-refractivity contribution in [3.8, 4) is 0 Å². The van der Waals surface area contributed by atoms with Crippen LogP contribution in [0, 0.1) is 0 Å². The Labute approximate surface area is 220 Å². The molecule has 1 amide bonds. The molecule has 0 atom stereocenters. The second-order valence-corrected chi connectivity index (χ2v) is 9.85. The fourth-order valence-electron chi connectivity index (χ4n) is 4.25. The highest BCUT2D eigenvalue weighted by Crippen LogP contribution is 2.23. The van der Waals surface area contributed by atoms with E-state index in [1.165, 1.54) is 15.8 Å². The van der Waals surface area contributed by atoms with Gasteiger partial charge in [0.1, 0.15) is 12.3 Å². The molecular formula is C26H29Cl2N5O3. The average molecular weight is 530 g/mol. The number of ketones is 1. The number of amides is 1. The summed E-state index contributed by atoms with van der Waals surface area (Å²) in [6.45, 7) is 5.73. The van der Waals surface area contributed by atoms with E-state index >= 15 is 0 Å². The molecular weight excluding hydrogens is 501 g/mol. The first-order chi connectivity index (χ1) is 17.2. The number of likely N-dealkylation sites (N-methyl/N-ethyl adjacent to an activating group) is 1. The zero-order valence-corrected chi connectivity index (χ0v) is 21.9. The number of Topliss-reactive ketones (excluding diaryl/α,β-unsaturated/α-hetero) is 1. The lowest BCUT2D eigenvalue weighted by Gasteiger charge is -2.35. The highest BCUT2D eigenvalue weighted by atomic mass is 35.5. The third kappa shape index (κ3) is 6.06. The summed E-state index contributed by atoms with van der Waals surface area (Å²) in [5, 5.41) is 1.35. The molecule has 2 aromatic carbocycles. The molecule has 2 heterocycles. The van der Waals surface area contributed by atoms with Crippen molar-refractivity contribution in [3.05, 3.63) is 68.7 Å². The largest absolute Gasteiger partial charge is 0.369 e. The van der Waals surface area contributed by atoms with E-state index in [1.807, 2.05) is 31.2 Å². The van der Waals surface area contributed by atoms with Crippen LogP contribution in [0.5, 0.6) is 0 Å². The quantitative estimate of drug-likeness (QED) is 0.444. The van der Waals surface area contributed by atoms with Crippen LogP contribution in [0.3, 0.4) is 0 Å². The van der Waals surface area contributed by atoms with Crippen LogP contribution in [-0.2, 0) is 22.7 Å². The second kappa shape index (κ2) is 11.4. The molecule has 1 saturated heterocycles. The van der Waals surface area contributed by atoms with E-state index in [4.69, 9.17) is 23.2 Å². The van der Waals surface area contributed by atoms with Gasteiger partial charge in [-0.25, -0.2) is 4.98 Å². The van der Waals surface area contributed by atoms with Crippen molar-refractivity contribution >= 4 is 51.5 Å². The van der Waals surface area contributed by atoms with Gasteiger partial charge in [-0.2, -0.15) is 0 Å². The number of nitrogens with zero attached hydrogens (tertiary/aromatic N) is 5. The maximum atomic E-state index is 13.2. The number of carbonyl (C=O) groups excluding carboxylic acids is 2.